The third-order valence-corrected chi connectivity index (χ3v) is 5.40. The Labute approximate surface area is 179 Å². The molecule has 2 aromatic carbocycles. The van der Waals surface area contributed by atoms with Crippen molar-refractivity contribution in [3.63, 3.8) is 0 Å². The van der Waals surface area contributed by atoms with Crippen LogP contribution in [0.5, 0.6) is 0 Å². The molecule has 0 bridgehead atoms. The van der Waals surface area contributed by atoms with Crippen molar-refractivity contribution >= 4 is 11.6 Å². The Hall–Kier alpha value is -2.72. The van der Waals surface area contributed by atoms with Gasteiger partial charge in [0.25, 0.3) is 0 Å². The molecule has 1 aliphatic heterocycles. The van der Waals surface area contributed by atoms with Crippen LogP contribution in [0.4, 0.5) is 5.69 Å². The number of morpholine rings is 1. The lowest BCUT2D eigenvalue weighted by Crippen LogP contribution is -2.46. The minimum atomic E-state index is -0.0173. The lowest BCUT2D eigenvalue weighted by molar-refractivity contribution is -0.116. The molecule has 1 N–H and O–H groups in total. The van der Waals surface area contributed by atoms with Crippen molar-refractivity contribution in [1.82, 2.24) is 9.80 Å². The van der Waals surface area contributed by atoms with E-state index in [9.17, 15) is 4.79 Å². The van der Waals surface area contributed by atoms with Gasteiger partial charge in [0.15, 0.2) is 0 Å². The average molecular weight is 407 g/mol. The second kappa shape index (κ2) is 11.5. The summed E-state index contributed by atoms with van der Waals surface area (Å²) in [4.78, 5) is 17.3. The van der Waals surface area contributed by atoms with Crippen molar-refractivity contribution in [3.8, 4) is 6.07 Å². The highest BCUT2D eigenvalue weighted by atomic mass is 16.5. The highest BCUT2D eigenvalue weighted by Gasteiger charge is 2.20. The van der Waals surface area contributed by atoms with Crippen LogP contribution in [-0.2, 0) is 16.1 Å². The molecule has 6 heteroatoms. The van der Waals surface area contributed by atoms with Crippen molar-refractivity contribution in [3.05, 3.63) is 65.7 Å². The van der Waals surface area contributed by atoms with Crippen LogP contribution in [0.15, 0.2) is 54.6 Å². The molecule has 1 atom stereocenters. The number of ether oxygens (including phenoxy) is 1. The van der Waals surface area contributed by atoms with Gasteiger partial charge < -0.3 is 10.1 Å². The number of carbonyl (C=O) groups is 1. The van der Waals surface area contributed by atoms with Gasteiger partial charge in [-0.15, -0.1) is 0 Å². The van der Waals surface area contributed by atoms with Gasteiger partial charge in [-0.3, -0.25) is 14.6 Å². The molecule has 1 saturated heterocycles. The summed E-state index contributed by atoms with van der Waals surface area (Å²) >= 11 is 0. The van der Waals surface area contributed by atoms with Gasteiger partial charge in [-0.2, -0.15) is 5.26 Å². The lowest BCUT2D eigenvalue weighted by Gasteiger charge is -2.35. The van der Waals surface area contributed by atoms with Crippen LogP contribution in [0.1, 0.15) is 24.5 Å². The second-order valence-corrected chi connectivity index (χ2v) is 7.71. The van der Waals surface area contributed by atoms with E-state index < -0.39 is 0 Å². The molecule has 0 radical (unpaired) electrons. The van der Waals surface area contributed by atoms with Crippen molar-refractivity contribution < 1.29 is 9.53 Å². The van der Waals surface area contributed by atoms with E-state index in [-0.39, 0.29) is 5.91 Å². The molecule has 1 aliphatic rings. The molecule has 0 spiro atoms. The van der Waals surface area contributed by atoms with Gasteiger partial charge >= 0.3 is 0 Å². The van der Waals surface area contributed by atoms with Crippen LogP contribution < -0.4 is 5.32 Å². The first-order valence-corrected chi connectivity index (χ1v) is 10.5. The van der Waals surface area contributed by atoms with Crippen molar-refractivity contribution in [2.45, 2.75) is 25.9 Å². The molecule has 30 heavy (non-hydrogen) atoms. The summed E-state index contributed by atoms with van der Waals surface area (Å²) in [7, 11) is 0. The molecule has 6 nitrogen and oxygen atoms in total. The summed E-state index contributed by atoms with van der Waals surface area (Å²) in [5.74, 6) is -0.0173. The monoisotopic (exact) mass is 406 g/mol. The predicted molar refractivity (Wildman–Crippen MR) is 118 cm³/mol. The molecular formula is C24H30N4O2. The van der Waals surface area contributed by atoms with E-state index in [2.05, 4.69) is 52.4 Å². The van der Waals surface area contributed by atoms with Gasteiger partial charge in [0.1, 0.15) is 0 Å². The maximum absolute atomic E-state index is 12.5. The van der Waals surface area contributed by atoms with Crippen molar-refractivity contribution in [2.75, 3.05) is 44.7 Å². The molecule has 1 fully saturated rings. The van der Waals surface area contributed by atoms with Gasteiger partial charge in [0.05, 0.1) is 24.8 Å². The topological polar surface area (TPSA) is 68.6 Å². The quantitative estimate of drug-likeness (QED) is 0.693. The minimum absolute atomic E-state index is 0.0173. The zero-order valence-corrected chi connectivity index (χ0v) is 17.6. The van der Waals surface area contributed by atoms with Crippen LogP contribution in [0, 0.1) is 11.3 Å². The Kier molecular flexibility index (Phi) is 8.40. The van der Waals surface area contributed by atoms with Crippen LogP contribution in [0.25, 0.3) is 0 Å². The third-order valence-electron chi connectivity index (χ3n) is 5.40. The zero-order valence-electron chi connectivity index (χ0n) is 17.6. The summed E-state index contributed by atoms with van der Waals surface area (Å²) in [5.41, 5.74) is 2.55. The normalized spacial score (nSPS) is 15.5. The van der Waals surface area contributed by atoms with E-state index in [1.165, 1.54) is 5.56 Å². The van der Waals surface area contributed by atoms with E-state index in [0.29, 0.717) is 24.6 Å². The number of nitrogens with one attached hydrogen (secondary N) is 1. The molecule has 1 amide bonds. The number of benzene rings is 2. The Morgan fingerprint density at radius 3 is 2.53 bits per heavy atom. The Balaban J connectivity index is 1.57. The van der Waals surface area contributed by atoms with Gasteiger partial charge in [-0.1, -0.05) is 30.3 Å². The number of nitriles is 1. The van der Waals surface area contributed by atoms with E-state index in [4.69, 9.17) is 10.00 Å². The maximum Gasteiger partial charge on any atom is 0.225 e. The average Bonchev–Trinajstić information content (AvgIpc) is 2.78. The number of hydrogen-bond donors (Lipinski definition) is 1. The fourth-order valence-electron chi connectivity index (χ4n) is 3.64. The van der Waals surface area contributed by atoms with E-state index in [0.717, 1.165) is 45.1 Å². The molecule has 0 saturated carbocycles. The second-order valence-electron chi connectivity index (χ2n) is 7.71. The zero-order chi connectivity index (χ0) is 21.2. The number of nitrogens with zero attached hydrogens (tertiary/aromatic N) is 3. The molecule has 158 valence electrons. The van der Waals surface area contributed by atoms with Gasteiger partial charge in [0.2, 0.25) is 5.91 Å². The third kappa shape index (κ3) is 6.96. The summed E-state index contributed by atoms with van der Waals surface area (Å²) in [6, 6.07) is 19.7. The van der Waals surface area contributed by atoms with Gasteiger partial charge in [-0.05, 0) is 36.8 Å². The first kappa shape index (κ1) is 22.0. The van der Waals surface area contributed by atoms with Crippen molar-refractivity contribution in [2.24, 2.45) is 0 Å². The number of anilines is 1. The van der Waals surface area contributed by atoms with Crippen LogP contribution >= 0.6 is 0 Å². The number of carbonyl (C=O) groups excluding carboxylic acids is 1. The first-order valence-electron chi connectivity index (χ1n) is 10.5. The number of rotatable bonds is 9. The highest BCUT2D eigenvalue weighted by molar-refractivity contribution is 5.90. The van der Waals surface area contributed by atoms with Gasteiger partial charge in [0, 0.05) is 50.9 Å². The summed E-state index contributed by atoms with van der Waals surface area (Å²) in [6.45, 7) is 8.20. The van der Waals surface area contributed by atoms with Crippen LogP contribution in [-0.4, -0.2) is 61.1 Å². The standard InChI is InChI=1S/C24H30N4O2/c1-20(18-27-13-15-30-16-14-27)28(19-22-5-3-2-4-6-22)12-11-24(29)26-23-9-7-21(17-25)8-10-23/h2-10,20H,11-16,18-19H2,1H3,(H,26,29). The smallest absolute Gasteiger partial charge is 0.225 e. The molecule has 2 aromatic rings. The fraction of sp³-hybridized carbons (Fsp3) is 0.417. The predicted octanol–water partition coefficient (Wildman–Crippen LogP) is 3.11. The fourth-order valence-corrected chi connectivity index (χ4v) is 3.64. The molecule has 0 aromatic heterocycles. The van der Waals surface area contributed by atoms with E-state index >= 15 is 0 Å². The van der Waals surface area contributed by atoms with Crippen LogP contribution in [0.3, 0.4) is 0 Å². The van der Waals surface area contributed by atoms with Gasteiger partial charge in [-0.25, -0.2) is 0 Å². The first-order chi connectivity index (χ1) is 14.6. The molecule has 1 unspecified atom stereocenters. The van der Waals surface area contributed by atoms with E-state index in [1.807, 2.05) is 6.07 Å². The Morgan fingerprint density at radius 1 is 1.17 bits per heavy atom. The summed E-state index contributed by atoms with van der Waals surface area (Å²) < 4.78 is 5.46. The summed E-state index contributed by atoms with van der Waals surface area (Å²) in [6.07, 6.45) is 0.417. The molecular weight excluding hydrogens is 376 g/mol. The van der Waals surface area contributed by atoms with E-state index in [1.54, 1.807) is 24.3 Å². The molecule has 0 aliphatic carbocycles. The molecule has 3 rings (SSSR count). The minimum Gasteiger partial charge on any atom is -0.379 e. The maximum atomic E-state index is 12.5. The Morgan fingerprint density at radius 2 is 1.87 bits per heavy atom. The van der Waals surface area contributed by atoms with Crippen molar-refractivity contribution in [1.29, 1.82) is 5.26 Å². The SMILES string of the molecule is CC(CN1CCOCC1)N(CCC(=O)Nc1ccc(C#N)cc1)Cc1ccccc1. The highest BCUT2D eigenvalue weighted by Crippen LogP contribution is 2.13. The largest absolute Gasteiger partial charge is 0.379 e. The number of amides is 1. The molecule has 1 heterocycles. The number of hydrogen-bond acceptors (Lipinski definition) is 5. The lowest BCUT2D eigenvalue weighted by atomic mass is 10.1. The Bertz CT molecular complexity index is 827. The van der Waals surface area contributed by atoms with Crippen LogP contribution in [0.2, 0.25) is 0 Å². The summed E-state index contributed by atoms with van der Waals surface area (Å²) in [5, 5.41) is 11.8.